The molecule has 0 aliphatic carbocycles. The van der Waals surface area contributed by atoms with Gasteiger partial charge in [0.05, 0.1) is 5.56 Å². The first-order valence-corrected chi connectivity index (χ1v) is 7.41. The molecule has 0 aromatic heterocycles. The molecular formula is C18H10F4N2O3. The number of nitrogens with two attached hydrogens (primary N) is 1. The van der Waals surface area contributed by atoms with E-state index in [4.69, 9.17) is 5.73 Å². The molecule has 138 valence electrons. The minimum absolute atomic E-state index is 0.285. The van der Waals surface area contributed by atoms with Crippen molar-refractivity contribution in [2.45, 2.75) is 0 Å². The zero-order chi connectivity index (χ0) is 19.9. The van der Waals surface area contributed by atoms with Gasteiger partial charge in [0.2, 0.25) is 0 Å². The Morgan fingerprint density at radius 3 is 2.07 bits per heavy atom. The Morgan fingerprint density at radius 1 is 0.889 bits per heavy atom. The minimum atomic E-state index is -2.04. The molecule has 0 aliphatic heterocycles. The lowest BCUT2D eigenvalue weighted by molar-refractivity contribution is 0.0989. The maximum Gasteiger partial charge on any atom is 0.259 e. The maximum absolute atomic E-state index is 14.0. The lowest BCUT2D eigenvalue weighted by Gasteiger charge is -2.12. The summed E-state index contributed by atoms with van der Waals surface area (Å²) >= 11 is 0. The van der Waals surface area contributed by atoms with Crippen LogP contribution in [0.25, 0.3) is 10.8 Å². The third-order valence-electron chi connectivity index (χ3n) is 3.89. The lowest BCUT2D eigenvalue weighted by Crippen LogP contribution is -2.21. The van der Waals surface area contributed by atoms with Crippen molar-refractivity contribution in [3.05, 3.63) is 70.8 Å². The number of fused-ring (bicyclic) bond motifs is 1. The van der Waals surface area contributed by atoms with Crippen LogP contribution in [0.5, 0.6) is 5.75 Å². The van der Waals surface area contributed by atoms with Gasteiger partial charge < -0.3 is 16.2 Å². The number of benzene rings is 3. The van der Waals surface area contributed by atoms with Crippen LogP contribution in [0.2, 0.25) is 0 Å². The molecule has 0 atom stereocenters. The fourth-order valence-corrected chi connectivity index (χ4v) is 2.58. The largest absolute Gasteiger partial charge is 0.506 e. The van der Waals surface area contributed by atoms with Crippen molar-refractivity contribution >= 4 is 28.3 Å². The number of hydrogen-bond acceptors (Lipinski definition) is 3. The summed E-state index contributed by atoms with van der Waals surface area (Å²) in [6.45, 7) is 0. The van der Waals surface area contributed by atoms with E-state index in [9.17, 15) is 32.3 Å². The van der Waals surface area contributed by atoms with Crippen LogP contribution < -0.4 is 11.1 Å². The lowest BCUT2D eigenvalue weighted by atomic mass is 10.0. The molecule has 0 aliphatic rings. The number of amides is 2. The number of phenolic OH excluding ortho intramolecular Hbond substituents is 1. The van der Waals surface area contributed by atoms with Gasteiger partial charge in [-0.3, -0.25) is 9.59 Å². The Morgan fingerprint density at radius 2 is 1.48 bits per heavy atom. The highest BCUT2D eigenvalue weighted by atomic mass is 19.2. The van der Waals surface area contributed by atoms with E-state index >= 15 is 0 Å². The quantitative estimate of drug-likeness (QED) is 0.481. The second-order valence-corrected chi connectivity index (χ2v) is 5.51. The fraction of sp³-hybridized carbons (Fsp3) is 0. The van der Waals surface area contributed by atoms with Crippen LogP contribution in [0.1, 0.15) is 20.7 Å². The van der Waals surface area contributed by atoms with Crippen molar-refractivity contribution in [1.29, 1.82) is 0 Å². The zero-order valence-corrected chi connectivity index (χ0v) is 13.3. The van der Waals surface area contributed by atoms with Gasteiger partial charge >= 0.3 is 0 Å². The molecule has 3 aromatic carbocycles. The SMILES string of the molecule is NC(=O)c1c(F)c(F)c(NC(=O)c2ccc3ccccc3c2O)c(F)c1F. The summed E-state index contributed by atoms with van der Waals surface area (Å²) in [6.07, 6.45) is 0. The molecule has 0 radical (unpaired) electrons. The van der Waals surface area contributed by atoms with Gasteiger partial charge in [-0.2, -0.15) is 0 Å². The van der Waals surface area contributed by atoms with Crippen LogP contribution in [0.15, 0.2) is 36.4 Å². The van der Waals surface area contributed by atoms with Gasteiger partial charge in [-0.1, -0.05) is 30.3 Å². The van der Waals surface area contributed by atoms with E-state index < -0.39 is 52.1 Å². The van der Waals surface area contributed by atoms with Crippen molar-refractivity contribution in [1.82, 2.24) is 0 Å². The second-order valence-electron chi connectivity index (χ2n) is 5.51. The van der Waals surface area contributed by atoms with Gasteiger partial charge in [-0.05, 0) is 11.5 Å². The van der Waals surface area contributed by atoms with Crippen LogP contribution >= 0.6 is 0 Å². The van der Waals surface area contributed by atoms with Gasteiger partial charge in [-0.15, -0.1) is 0 Å². The van der Waals surface area contributed by atoms with Gasteiger partial charge in [-0.25, -0.2) is 17.6 Å². The van der Waals surface area contributed by atoms with Crippen molar-refractivity contribution in [3.8, 4) is 5.75 Å². The minimum Gasteiger partial charge on any atom is -0.506 e. The highest BCUT2D eigenvalue weighted by molar-refractivity contribution is 6.10. The number of nitrogens with one attached hydrogen (secondary N) is 1. The Hall–Kier alpha value is -3.62. The van der Waals surface area contributed by atoms with E-state index in [0.717, 1.165) is 0 Å². The Bertz CT molecular complexity index is 1090. The first-order valence-electron chi connectivity index (χ1n) is 7.41. The molecule has 4 N–H and O–H groups in total. The molecule has 3 rings (SSSR count). The van der Waals surface area contributed by atoms with Crippen molar-refractivity contribution in [2.24, 2.45) is 5.73 Å². The maximum atomic E-state index is 14.0. The van der Waals surface area contributed by atoms with Crippen molar-refractivity contribution in [2.75, 3.05) is 5.32 Å². The molecule has 0 unspecified atom stereocenters. The molecule has 0 heterocycles. The third kappa shape index (κ3) is 2.92. The van der Waals surface area contributed by atoms with Gasteiger partial charge in [0.1, 0.15) is 17.0 Å². The van der Waals surface area contributed by atoms with Crippen LogP contribution in [-0.4, -0.2) is 16.9 Å². The van der Waals surface area contributed by atoms with Crippen LogP contribution in [0.3, 0.4) is 0 Å². The molecule has 0 fully saturated rings. The topological polar surface area (TPSA) is 92.4 Å². The Kier molecular flexibility index (Phi) is 4.44. The van der Waals surface area contributed by atoms with E-state index in [2.05, 4.69) is 0 Å². The average Bonchev–Trinajstić information content (AvgIpc) is 2.64. The number of halogens is 4. The highest BCUT2D eigenvalue weighted by Gasteiger charge is 2.29. The molecule has 9 heteroatoms. The number of anilines is 1. The average molecular weight is 378 g/mol. The molecule has 0 saturated carbocycles. The number of phenols is 1. The number of primary amides is 1. The summed E-state index contributed by atoms with van der Waals surface area (Å²) in [4.78, 5) is 23.2. The number of carbonyl (C=O) groups is 2. The van der Waals surface area contributed by atoms with Crippen LogP contribution in [0.4, 0.5) is 23.2 Å². The second kappa shape index (κ2) is 6.60. The monoisotopic (exact) mass is 378 g/mol. The molecule has 0 saturated heterocycles. The van der Waals surface area contributed by atoms with Crippen molar-refractivity contribution < 1.29 is 32.3 Å². The predicted octanol–water partition coefficient (Wildman–Crippen LogP) is 3.45. The standard InChI is InChI=1S/C18H10F4N2O3/c19-11-10(17(23)26)12(20)14(22)15(13(11)21)24-18(27)9-6-5-7-3-1-2-4-8(7)16(9)25/h1-6,25H,(H2,23,26)(H,24,27). The summed E-state index contributed by atoms with van der Waals surface area (Å²) < 4.78 is 55.7. The molecule has 3 aromatic rings. The Labute approximate surface area is 149 Å². The summed E-state index contributed by atoms with van der Waals surface area (Å²) in [5, 5.41) is 12.7. The number of aromatic hydroxyl groups is 1. The van der Waals surface area contributed by atoms with Gasteiger partial charge in [0.15, 0.2) is 23.3 Å². The van der Waals surface area contributed by atoms with Gasteiger partial charge in [0, 0.05) is 5.39 Å². The number of hydrogen-bond donors (Lipinski definition) is 3. The van der Waals surface area contributed by atoms with E-state index in [1.165, 1.54) is 18.2 Å². The predicted molar refractivity (Wildman–Crippen MR) is 88.4 cm³/mol. The summed E-state index contributed by atoms with van der Waals surface area (Å²) in [6, 6.07) is 9.09. The molecular weight excluding hydrogens is 368 g/mol. The zero-order valence-electron chi connectivity index (χ0n) is 13.3. The molecule has 0 spiro atoms. The molecule has 0 bridgehead atoms. The first kappa shape index (κ1) is 18.2. The summed E-state index contributed by atoms with van der Waals surface area (Å²) in [7, 11) is 0. The summed E-state index contributed by atoms with van der Waals surface area (Å²) in [5.74, 6) is -11.5. The van der Waals surface area contributed by atoms with E-state index in [1.54, 1.807) is 23.5 Å². The smallest absolute Gasteiger partial charge is 0.259 e. The van der Waals surface area contributed by atoms with Crippen LogP contribution in [-0.2, 0) is 0 Å². The van der Waals surface area contributed by atoms with E-state index in [-0.39, 0.29) is 10.9 Å². The number of rotatable bonds is 3. The first-order chi connectivity index (χ1) is 12.7. The molecule has 2 amide bonds. The van der Waals surface area contributed by atoms with Crippen molar-refractivity contribution in [3.63, 3.8) is 0 Å². The third-order valence-corrected chi connectivity index (χ3v) is 3.89. The Balaban J connectivity index is 2.07. The van der Waals surface area contributed by atoms with Gasteiger partial charge in [0.25, 0.3) is 11.8 Å². The van der Waals surface area contributed by atoms with E-state index in [1.807, 2.05) is 0 Å². The van der Waals surface area contributed by atoms with E-state index in [0.29, 0.717) is 5.39 Å². The normalized spacial score (nSPS) is 10.8. The number of carbonyl (C=O) groups excluding carboxylic acids is 2. The highest BCUT2D eigenvalue weighted by Crippen LogP contribution is 2.31. The molecule has 5 nitrogen and oxygen atoms in total. The van der Waals surface area contributed by atoms with Crippen LogP contribution in [0, 0.1) is 23.3 Å². The fourth-order valence-electron chi connectivity index (χ4n) is 2.58. The summed E-state index contributed by atoms with van der Waals surface area (Å²) in [5.41, 5.74) is 1.26. The molecule has 27 heavy (non-hydrogen) atoms.